The molecule has 5 aromatic carbocycles. The van der Waals surface area contributed by atoms with Gasteiger partial charge in [-0.15, -0.1) is 26.3 Å². The van der Waals surface area contributed by atoms with Crippen LogP contribution in [0.3, 0.4) is 0 Å². The van der Waals surface area contributed by atoms with Crippen molar-refractivity contribution in [1.82, 2.24) is 44.6 Å². The van der Waals surface area contributed by atoms with Gasteiger partial charge in [0.15, 0.2) is 11.3 Å². The van der Waals surface area contributed by atoms with Crippen LogP contribution >= 0.6 is 0 Å². The number of amides is 4. The predicted molar refractivity (Wildman–Crippen MR) is 280 cm³/mol. The van der Waals surface area contributed by atoms with Gasteiger partial charge < -0.3 is 34.3 Å². The highest BCUT2D eigenvalue weighted by Crippen LogP contribution is 2.28. The number of rotatable bonds is 19. The molecule has 2 atom stereocenters. The highest BCUT2D eigenvalue weighted by molar-refractivity contribution is 6.21. The number of hydrogen-bond donors (Lipinski definition) is 3. The largest absolute Gasteiger partial charge is 0.573 e. The van der Waals surface area contributed by atoms with Gasteiger partial charge in [0.25, 0.3) is 11.8 Å². The lowest BCUT2D eigenvalue weighted by molar-refractivity contribution is -0.275. The van der Waals surface area contributed by atoms with Crippen molar-refractivity contribution in [2.45, 2.75) is 63.6 Å². The lowest BCUT2D eigenvalue weighted by Crippen LogP contribution is -2.40. The molecule has 0 saturated carbocycles. The maximum absolute atomic E-state index is 13.3. The number of pyridine rings is 2. The molecule has 1 aliphatic rings. The van der Waals surface area contributed by atoms with Crippen LogP contribution in [0, 0.1) is 0 Å². The van der Waals surface area contributed by atoms with Crippen LogP contribution in [-0.2, 0) is 35.5 Å². The van der Waals surface area contributed by atoms with Crippen molar-refractivity contribution in [3.8, 4) is 11.5 Å². The fourth-order valence-corrected chi connectivity index (χ4v) is 9.09. The summed E-state index contributed by atoms with van der Waals surface area (Å²) in [6, 6.07) is 41.9. The molecule has 410 valence electrons. The summed E-state index contributed by atoms with van der Waals surface area (Å²) in [4.78, 5) is 71.3. The smallest absolute Gasteiger partial charge is 0.406 e. The molecule has 0 aliphatic carbocycles. The first-order valence-corrected chi connectivity index (χ1v) is 25.0. The van der Waals surface area contributed by atoms with Gasteiger partial charge in [0.1, 0.15) is 34.2 Å². The van der Waals surface area contributed by atoms with Crippen LogP contribution < -0.4 is 20.1 Å². The van der Waals surface area contributed by atoms with Gasteiger partial charge in [-0.2, -0.15) is 0 Å². The van der Waals surface area contributed by atoms with Crippen molar-refractivity contribution in [3.05, 3.63) is 215 Å². The van der Waals surface area contributed by atoms with Crippen LogP contribution in [0.15, 0.2) is 170 Å². The van der Waals surface area contributed by atoms with Gasteiger partial charge in [-0.1, -0.05) is 97.1 Å². The van der Waals surface area contributed by atoms with Gasteiger partial charge in [0.05, 0.1) is 49.5 Å². The van der Waals surface area contributed by atoms with Gasteiger partial charge in [-0.25, -0.2) is 19.9 Å². The third kappa shape index (κ3) is 14.0. The summed E-state index contributed by atoms with van der Waals surface area (Å²) in [5, 5.41) is 15.5. The summed E-state index contributed by atoms with van der Waals surface area (Å²) in [5.41, 5.74) is 6.04. The number of alkyl halides is 6. The molecule has 4 aromatic heterocycles. The maximum atomic E-state index is 13.3. The van der Waals surface area contributed by atoms with E-state index in [9.17, 15) is 50.6 Å². The van der Waals surface area contributed by atoms with Crippen LogP contribution in [-0.4, -0.2) is 88.6 Å². The van der Waals surface area contributed by atoms with E-state index >= 15 is 0 Å². The number of aliphatic hydroxyl groups is 1. The SMILES string of the molecule is O=C(CCc1nc2cccnc2n1Cc1ccc(OC(F)(F)F)cc1)N[C@@H](CN1C(=O)c2ccccc2C1=O)c1ccccc1.O=C(CCc1nc2cccnc2n1Cc1ccc(OC(F)(F)F)cc1)N[C@@H](CO)c1ccccc1. The summed E-state index contributed by atoms with van der Waals surface area (Å²) >= 11 is 0. The number of aromatic nitrogens is 6. The molecule has 3 N–H and O–H groups in total. The van der Waals surface area contributed by atoms with Crippen LogP contribution in [0.2, 0.25) is 0 Å². The molecule has 4 amide bonds. The predicted octanol–water partition coefficient (Wildman–Crippen LogP) is 9.63. The van der Waals surface area contributed by atoms with Crippen LogP contribution in [0.25, 0.3) is 22.3 Å². The quantitative estimate of drug-likeness (QED) is 0.0515. The molecule has 9 aromatic rings. The molecule has 0 spiro atoms. The number of benzene rings is 5. The Morgan fingerprint density at radius 2 is 0.925 bits per heavy atom. The molecule has 80 heavy (non-hydrogen) atoms. The van der Waals surface area contributed by atoms with Crippen LogP contribution in [0.1, 0.15) is 79.5 Å². The second-order valence-electron chi connectivity index (χ2n) is 18.3. The Kier molecular flexibility index (Phi) is 16.9. The van der Waals surface area contributed by atoms with E-state index in [1.807, 2.05) is 69.8 Å². The Balaban J connectivity index is 0.000000200. The highest BCUT2D eigenvalue weighted by atomic mass is 19.4. The van der Waals surface area contributed by atoms with Gasteiger partial charge >= 0.3 is 12.7 Å². The minimum Gasteiger partial charge on any atom is -0.406 e. The Morgan fingerprint density at radius 3 is 1.34 bits per heavy atom. The summed E-state index contributed by atoms with van der Waals surface area (Å²) in [6.07, 6.45) is -5.60. The molecule has 0 bridgehead atoms. The molecule has 0 saturated heterocycles. The first-order chi connectivity index (χ1) is 38.5. The molecule has 5 heterocycles. The number of nitrogens with one attached hydrogen (secondary N) is 2. The summed E-state index contributed by atoms with van der Waals surface area (Å²) in [5.74, 6) is -0.839. The number of nitrogens with zero attached hydrogens (tertiary/aromatic N) is 7. The number of imidazole rings is 2. The fraction of sp³-hybridized carbons (Fsp3) is 0.207. The number of ether oxygens (including phenoxy) is 2. The number of aliphatic hydroxyl groups excluding tert-OH is 1. The van der Waals surface area contributed by atoms with Crippen molar-refractivity contribution in [2.75, 3.05) is 13.2 Å². The standard InChI is InChI=1S/C33H26F3N5O4.C25H23F3N4O3/c34-33(35,36)45-23-14-12-21(13-15-23)19-40-28(38-26-11-6-18-37-30(26)40)16-17-29(42)39-27(22-7-2-1-3-8-22)20-41-31(43)24-9-4-5-10-25(24)32(41)44;26-25(27,28)35-19-10-8-17(9-11-19)15-32-22(30-20-7-4-14-29-24(20)32)12-13-23(34)31-21(16-33)18-5-2-1-3-6-18/h1-15,18,27H,16-17,19-20H2,(H,39,42);1-11,14,21,33H,12-13,15-16H2,(H,31,34)/t27-;21-/m00/s1. The topological polar surface area (TPSA) is 196 Å². The third-order valence-electron chi connectivity index (χ3n) is 12.8. The lowest BCUT2D eigenvalue weighted by atomic mass is 10.1. The average molecular weight is 1100 g/mol. The van der Waals surface area contributed by atoms with E-state index in [0.717, 1.165) is 21.6 Å². The van der Waals surface area contributed by atoms with Crippen molar-refractivity contribution < 1.29 is 60.1 Å². The first-order valence-electron chi connectivity index (χ1n) is 25.0. The second kappa shape index (κ2) is 24.5. The lowest BCUT2D eigenvalue weighted by Gasteiger charge is -2.24. The number of carbonyl (C=O) groups is 4. The van der Waals surface area contributed by atoms with E-state index in [0.29, 0.717) is 63.6 Å². The zero-order chi connectivity index (χ0) is 56.4. The molecule has 0 radical (unpaired) electrons. The fourth-order valence-electron chi connectivity index (χ4n) is 9.09. The summed E-state index contributed by atoms with van der Waals surface area (Å²) in [6.45, 7) is 0.286. The Labute approximate surface area is 452 Å². The van der Waals surface area contributed by atoms with E-state index in [1.54, 1.807) is 60.9 Å². The first kappa shape index (κ1) is 55.3. The second-order valence-corrected chi connectivity index (χ2v) is 18.3. The monoisotopic (exact) mass is 1100 g/mol. The van der Waals surface area contributed by atoms with Crippen molar-refractivity contribution >= 4 is 46.0 Å². The number of carbonyl (C=O) groups excluding carboxylic acids is 4. The number of aryl methyl sites for hydroxylation is 2. The van der Waals surface area contributed by atoms with E-state index in [-0.39, 0.29) is 62.3 Å². The van der Waals surface area contributed by atoms with E-state index in [2.05, 4.69) is 40.0 Å². The van der Waals surface area contributed by atoms with E-state index in [4.69, 9.17) is 0 Å². The van der Waals surface area contributed by atoms with E-state index < -0.39 is 36.6 Å². The molecule has 16 nitrogen and oxygen atoms in total. The summed E-state index contributed by atoms with van der Waals surface area (Å²) in [7, 11) is 0. The molecule has 1 aliphatic heterocycles. The molecule has 0 fully saturated rings. The van der Waals surface area contributed by atoms with Crippen LogP contribution in [0.5, 0.6) is 11.5 Å². The number of halogens is 6. The number of imide groups is 1. The normalized spacial score (nSPS) is 13.1. The molecular weight excluding hydrogens is 1050 g/mol. The Bertz CT molecular complexity index is 3580. The highest BCUT2D eigenvalue weighted by Gasteiger charge is 2.37. The Hall–Kier alpha value is -9.44. The zero-order valence-electron chi connectivity index (χ0n) is 42.3. The number of fused-ring (bicyclic) bond motifs is 3. The van der Waals surface area contributed by atoms with E-state index in [1.165, 1.54) is 48.5 Å². The Morgan fingerprint density at radius 1 is 0.525 bits per heavy atom. The minimum atomic E-state index is -4.79. The number of hydrogen-bond acceptors (Lipinski definition) is 11. The van der Waals surface area contributed by atoms with Gasteiger partial charge in [0.2, 0.25) is 11.8 Å². The maximum Gasteiger partial charge on any atom is 0.573 e. The molecular formula is C58H49F6N9O7. The third-order valence-corrected chi connectivity index (χ3v) is 12.8. The van der Waals surface area contributed by atoms with Gasteiger partial charge in [-0.05, 0) is 82.9 Å². The van der Waals surface area contributed by atoms with Gasteiger partial charge in [-0.3, -0.25) is 24.1 Å². The average Bonchev–Trinajstić information content (AvgIpc) is 4.11. The molecule has 22 heteroatoms. The molecule has 0 unspecified atom stereocenters. The van der Waals surface area contributed by atoms with Crippen molar-refractivity contribution in [1.29, 1.82) is 0 Å². The van der Waals surface area contributed by atoms with Crippen molar-refractivity contribution in [3.63, 3.8) is 0 Å². The molecule has 10 rings (SSSR count). The van der Waals surface area contributed by atoms with Gasteiger partial charge in [0, 0.05) is 38.1 Å². The van der Waals surface area contributed by atoms with Crippen LogP contribution in [0.4, 0.5) is 26.3 Å². The zero-order valence-corrected chi connectivity index (χ0v) is 42.3. The van der Waals surface area contributed by atoms with Crippen molar-refractivity contribution in [2.24, 2.45) is 0 Å². The minimum absolute atomic E-state index is 0.0349. The summed E-state index contributed by atoms with van der Waals surface area (Å²) < 4.78 is 86.6.